The summed E-state index contributed by atoms with van der Waals surface area (Å²) >= 11 is 0. The Morgan fingerprint density at radius 1 is 0.679 bits per heavy atom. The van der Waals surface area contributed by atoms with Crippen LogP contribution in [-0.2, 0) is 29.9 Å². The fraction of sp³-hybridized carbons (Fsp3) is 0.750. The topological polar surface area (TPSA) is 152 Å². The van der Waals surface area contributed by atoms with E-state index in [1.807, 2.05) is 0 Å². The summed E-state index contributed by atoms with van der Waals surface area (Å²) in [5, 5.41) is 0. The van der Waals surface area contributed by atoms with Gasteiger partial charge in [-0.2, -0.15) is 0 Å². The standard InChI is InChI=1S/C16H30N4O7S/c1-15(2,3)26-13(23)19-17-11(21)7-9-28(25)10-8-12(22)18-20-14(24)27-16(4,5)6/h7-10H2,1-6H3,(H,17,21)(H,18,22)(H,19,23)(H,20,24). The number of nitrogens with one attached hydrogen (secondary N) is 4. The first kappa shape index (κ1) is 25.6. The quantitative estimate of drug-likeness (QED) is 0.458. The lowest BCUT2D eigenvalue weighted by atomic mass is 10.2. The van der Waals surface area contributed by atoms with Crippen molar-refractivity contribution < 1.29 is 32.9 Å². The smallest absolute Gasteiger partial charge is 0.426 e. The molecule has 0 aromatic heterocycles. The number of amides is 4. The second-order valence-corrected chi connectivity index (χ2v) is 9.39. The zero-order valence-electron chi connectivity index (χ0n) is 17.1. The minimum atomic E-state index is -1.43. The Balaban J connectivity index is 3.94. The van der Waals surface area contributed by atoms with Crippen LogP contribution in [0.15, 0.2) is 0 Å². The van der Waals surface area contributed by atoms with Crippen LogP contribution in [0.3, 0.4) is 0 Å². The van der Waals surface area contributed by atoms with Gasteiger partial charge in [-0.05, 0) is 41.5 Å². The van der Waals surface area contributed by atoms with Crippen molar-refractivity contribution in [1.29, 1.82) is 0 Å². The number of carbonyl (C=O) groups is 4. The van der Waals surface area contributed by atoms with E-state index in [4.69, 9.17) is 9.47 Å². The summed E-state index contributed by atoms with van der Waals surface area (Å²) in [5.41, 5.74) is 7.04. The monoisotopic (exact) mass is 422 g/mol. The lowest BCUT2D eigenvalue weighted by Gasteiger charge is -2.19. The molecule has 0 radical (unpaired) electrons. The lowest BCUT2D eigenvalue weighted by molar-refractivity contribution is -0.122. The average Bonchev–Trinajstić information content (AvgIpc) is 2.51. The molecule has 0 aliphatic carbocycles. The molecule has 0 heterocycles. The van der Waals surface area contributed by atoms with Crippen LogP contribution in [0.2, 0.25) is 0 Å². The van der Waals surface area contributed by atoms with Crippen LogP contribution >= 0.6 is 0 Å². The van der Waals surface area contributed by atoms with Gasteiger partial charge in [-0.25, -0.2) is 20.4 Å². The second-order valence-electron chi connectivity index (χ2n) is 7.70. The molecule has 11 nitrogen and oxygen atoms in total. The van der Waals surface area contributed by atoms with E-state index in [0.29, 0.717) is 0 Å². The third-order valence-electron chi connectivity index (χ3n) is 2.52. The fourth-order valence-corrected chi connectivity index (χ4v) is 2.52. The molecule has 28 heavy (non-hydrogen) atoms. The lowest BCUT2D eigenvalue weighted by Crippen LogP contribution is -2.45. The van der Waals surface area contributed by atoms with Crippen molar-refractivity contribution in [1.82, 2.24) is 21.7 Å². The zero-order valence-corrected chi connectivity index (χ0v) is 17.9. The van der Waals surface area contributed by atoms with Gasteiger partial charge in [0.15, 0.2) is 0 Å². The highest BCUT2D eigenvalue weighted by Gasteiger charge is 2.18. The van der Waals surface area contributed by atoms with Crippen molar-refractivity contribution in [3.8, 4) is 0 Å². The number of hydrogen-bond donors (Lipinski definition) is 4. The third-order valence-corrected chi connectivity index (χ3v) is 3.84. The molecule has 0 aliphatic rings. The van der Waals surface area contributed by atoms with Gasteiger partial charge in [-0.1, -0.05) is 0 Å². The molecule has 162 valence electrons. The Labute approximate surface area is 167 Å². The SMILES string of the molecule is CC(C)(C)OC(=O)NNC(=O)CCS(=O)CCC(=O)NNC(=O)OC(C)(C)C. The predicted molar refractivity (Wildman–Crippen MR) is 102 cm³/mol. The molecule has 4 amide bonds. The van der Waals surface area contributed by atoms with Gasteiger partial charge < -0.3 is 9.47 Å². The summed E-state index contributed by atoms with van der Waals surface area (Å²) < 4.78 is 21.7. The van der Waals surface area contributed by atoms with E-state index >= 15 is 0 Å². The average molecular weight is 423 g/mol. The summed E-state index contributed by atoms with van der Waals surface area (Å²) in [7, 11) is -1.43. The summed E-state index contributed by atoms with van der Waals surface area (Å²) in [4.78, 5) is 45.9. The Hall–Kier alpha value is -2.37. The van der Waals surface area contributed by atoms with E-state index < -0.39 is 46.0 Å². The van der Waals surface area contributed by atoms with Crippen LogP contribution in [0, 0.1) is 0 Å². The zero-order chi connectivity index (χ0) is 22.0. The van der Waals surface area contributed by atoms with Gasteiger partial charge in [0.1, 0.15) is 11.2 Å². The highest BCUT2D eigenvalue weighted by atomic mass is 32.2. The first-order valence-corrected chi connectivity index (χ1v) is 10.1. The van der Waals surface area contributed by atoms with Gasteiger partial charge in [0, 0.05) is 35.1 Å². The van der Waals surface area contributed by atoms with Crippen LogP contribution in [0.4, 0.5) is 9.59 Å². The maximum Gasteiger partial charge on any atom is 0.426 e. The molecular weight excluding hydrogens is 392 g/mol. The molecule has 12 heteroatoms. The largest absolute Gasteiger partial charge is 0.443 e. The molecule has 0 aliphatic heterocycles. The summed E-state index contributed by atoms with van der Waals surface area (Å²) in [6.45, 7) is 10.1. The number of carbonyl (C=O) groups excluding carboxylic acids is 4. The van der Waals surface area contributed by atoms with E-state index in [2.05, 4.69) is 21.7 Å². The fourth-order valence-electron chi connectivity index (χ4n) is 1.49. The van der Waals surface area contributed by atoms with Crippen molar-refractivity contribution in [3.63, 3.8) is 0 Å². The minimum Gasteiger partial charge on any atom is -0.443 e. The van der Waals surface area contributed by atoms with E-state index in [1.165, 1.54) is 0 Å². The van der Waals surface area contributed by atoms with E-state index in [0.717, 1.165) is 0 Å². The summed E-state index contributed by atoms with van der Waals surface area (Å²) in [5.74, 6) is -1.08. The Kier molecular flexibility index (Phi) is 10.5. The van der Waals surface area contributed by atoms with Gasteiger partial charge in [0.25, 0.3) is 0 Å². The van der Waals surface area contributed by atoms with E-state index in [9.17, 15) is 23.4 Å². The van der Waals surface area contributed by atoms with Gasteiger partial charge in [0.2, 0.25) is 11.8 Å². The highest BCUT2D eigenvalue weighted by Crippen LogP contribution is 2.06. The Morgan fingerprint density at radius 3 is 1.29 bits per heavy atom. The third kappa shape index (κ3) is 15.9. The van der Waals surface area contributed by atoms with Gasteiger partial charge >= 0.3 is 12.2 Å². The Morgan fingerprint density at radius 2 is 1.00 bits per heavy atom. The van der Waals surface area contributed by atoms with E-state index in [-0.39, 0.29) is 24.3 Å². The first-order chi connectivity index (χ1) is 12.7. The molecule has 0 spiro atoms. The highest BCUT2D eigenvalue weighted by molar-refractivity contribution is 7.85. The molecule has 0 saturated heterocycles. The molecule has 0 rings (SSSR count). The maximum atomic E-state index is 11.8. The van der Waals surface area contributed by atoms with Crippen molar-refractivity contribution in [3.05, 3.63) is 0 Å². The Bertz CT molecular complexity index is 547. The number of hydrogen-bond acceptors (Lipinski definition) is 7. The molecule has 0 atom stereocenters. The number of hydrazine groups is 2. The summed E-state index contributed by atoms with van der Waals surface area (Å²) in [6, 6.07) is 0. The number of rotatable bonds is 6. The first-order valence-electron chi connectivity index (χ1n) is 8.58. The van der Waals surface area contributed by atoms with Crippen LogP contribution in [0.1, 0.15) is 54.4 Å². The molecule has 4 N–H and O–H groups in total. The van der Waals surface area contributed by atoms with Crippen LogP contribution in [0.25, 0.3) is 0 Å². The second kappa shape index (κ2) is 11.5. The summed E-state index contributed by atoms with van der Waals surface area (Å²) in [6.07, 6.45) is -1.84. The van der Waals surface area contributed by atoms with Crippen LogP contribution < -0.4 is 21.7 Å². The molecule has 0 saturated carbocycles. The van der Waals surface area contributed by atoms with Crippen LogP contribution in [0.5, 0.6) is 0 Å². The predicted octanol–water partition coefficient (Wildman–Crippen LogP) is 0.627. The minimum absolute atomic E-state index is 0.00854. The molecule has 0 aromatic carbocycles. The number of ether oxygens (including phenoxy) is 2. The maximum absolute atomic E-state index is 11.8. The molecule has 0 fully saturated rings. The van der Waals surface area contributed by atoms with Crippen molar-refractivity contribution >= 4 is 34.8 Å². The van der Waals surface area contributed by atoms with Gasteiger partial charge in [-0.3, -0.25) is 24.6 Å². The normalized spacial score (nSPS) is 11.4. The van der Waals surface area contributed by atoms with Crippen LogP contribution in [-0.4, -0.2) is 50.9 Å². The van der Waals surface area contributed by atoms with Gasteiger partial charge in [-0.15, -0.1) is 0 Å². The van der Waals surface area contributed by atoms with Crippen molar-refractivity contribution in [2.75, 3.05) is 11.5 Å². The van der Waals surface area contributed by atoms with E-state index in [1.54, 1.807) is 41.5 Å². The molecule has 0 aromatic rings. The van der Waals surface area contributed by atoms with Gasteiger partial charge in [0.05, 0.1) is 0 Å². The molecule has 0 unspecified atom stereocenters. The molecular formula is C16H30N4O7S. The van der Waals surface area contributed by atoms with Crippen molar-refractivity contribution in [2.45, 2.75) is 65.6 Å². The van der Waals surface area contributed by atoms with Crippen molar-refractivity contribution in [2.24, 2.45) is 0 Å². The molecule has 0 bridgehead atoms.